The van der Waals surface area contributed by atoms with Crippen molar-refractivity contribution in [2.24, 2.45) is 0 Å². The molecule has 0 radical (unpaired) electrons. The van der Waals surface area contributed by atoms with Crippen molar-refractivity contribution in [3.8, 4) is 0 Å². The van der Waals surface area contributed by atoms with E-state index in [1.54, 1.807) is 0 Å². The van der Waals surface area contributed by atoms with Crippen LogP contribution in [-0.4, -0.2) is 27.7 Å². The molecular formula is C14H22N4O. The number of nitrogen functional groups attached to an aromatic ring is 1. The fourth-order valence-corrected chi connectivity index (χ4v) is 2.54. The molecule has 2 aromatic rings. The van der Waals surface area contributed by atoms with Crippen LogP contribution in [0.3, 0.4) is 0 Å². The number of ether oxygens (including phenoxy) is 1. The van der Waals surface area contributed by atoms with Gasteiger partial charge in [-0.25, -0.2) is 9.97 Å². The number of aryl methyl sites for hydroxylation is 1. The van der Waals surface area contributed by atoms with Gasteiger partial charge in [-0.3, -0.25) is 0 Å². The number of hydrogen-bond acceptors (Lipinski definition) is 4. The van der Waals surface area contributed by atoms with Gasteiger partial charge in [0.1, 0.15) is 17.8 Å². The second kappa shape index (κ2) is 6.02. The van der Waals surface area contributed by atoms with Gasteiger partial charge in [-0.15, -0.1) is 0 Å². The Morgan fingerprint density at radius 3 is 2.63 bits per heavy atom. The van der Waals surface area contributed by atoms with Gasteiger partial charge in [0.2, 0.25) is 0 Å². The van der Waals surface area contributed by atoms with Gasteiger partial charge >= 0.3 is 0 Å². The van der Waals surface area contributed by atoms with Gasteiger partial charge in [-0.2, -0.15) is 0 Å². The quantitative estimate of drug-likeness (QED) is 0.858. The average Bonchev–Trinajstić information content (AvgIpc) is 2.81. The molecule has 2 aromatic heterocycles. The highest BCUT2D eigenvalue weighted by atomic mass is 16.5. The van der Waals surface area contributed by atoms with Gasteiger partial charge < -0.3 is 15.0 Å². The fourth-order valence-electron chi connectivity index (χ4n) is 2.54. The predicted molar refractivity (Wildman–Crippen MR) is 77.1 cm³/mol. The van der Waals surface area contributed by atoms with E-state index in [-0.39, 0.29) is 0 Å². The zero-order chi connectivity index (χ0) is 13.8. The van der Waals surface area contributed by atoms with Gasteiger partial charge in [0.05, 0.1) is 5.39 Å². The van der Waals surface area contributed by atoms with Gasteiger partial charge in [0.25, 0.3) is 0 Å². The molecule has 1 aliphatic rings. The Hall–Kier alpha value is -1.62. The summed E-state index contributed by atoms with van der Waals surface area (Å²) in [7, 11) is 0. The Kier molecular flexibility index (Phi) is 4.37. The SMILES string of the molecule is CC.Cc1cn(C2CCOCC2)c2ncnc(N)c12. The lowest BCUT2D eigenvalue weighted by molar-refractivity contribution is 0.0706. The van der Waals surface area contributed by atoms with Crippen LogP contribution >= 0.6 is 0 Å². The van der Waals surface area contributed by atoms with E-state index in [0.717, 1.165) is 42.7 Å². The molecule has 0 unspecified atom stereocenters. The summed E-state index contributed by atoms with van der Waals surface area (Å²) >= 11 is 0. The minimum absolute atomic E-state index is 0.467. The number of fused-ring (bicyclic) bond motifs is 1. The third-order valence-corrected chi connectivity index (χ3v) is 3.41. The van der Waals surface area contributed by atoms with E-state index in [2.05, 4.69) is 27.7 Å². The maximum absolute atomic E-state index is 5.91. The number of anilines is 1. The molecule has 1 aliphatic heterocycles. The highest BCUT2D eigenvalue weighted by molar-refractivity contribution is 5.89. The molecule has 19 heavy (non-hydrogen) atoms. The van der Waals surface area contributed by atoms with Gasteiger partial charge in [-0.1, -0.05) is 13.8 Å². The van der Waals surface area contributed by atoms with Crippen LogP contribution in [0.1, 0.15) is 38.3 Å². The van der Waals surface area contributed by atoms with Crippen LogP contribution in [0.5, 0.6) is 0 Å². The molecule has 0 bridgehead atoms. The van der Waals surface area contributed by atoms with Crippen molar-refractivity contribution >= 4 is 16.9 Å². The fraction of sp³-hybridized carbons (Fsp3) is 0.571. The number of nitrogens with two attached hydrogens (primary N) is 1. The van der Waals surface area contributed by atoms with E-state index in [0.29, 0.717) is 11.9 Å². The summed E-state index contributed by atoms with van der Waals surface area (Å²) in [5.74, 6) is 0.568. The Balaban J connectivity index is 0.000000637. The summed E-state index contributed by atoms with van der Waals surface area (Å²) in [6.07, 6.45) is 5.74. The summed E-state index contributed by atoms with van der Waals surface area (Å²) in [6, 6.07) is 0.467. The Labute approximate surface area is 113 Å². The van der Waals surface area contributed by atoms with Crippen molar-refractivity contribution in [2.45, 2.75) is 39.7 Å². The second-order valence-electron chi connectivity index (χ2n) is 4.52. The van der Waals surface area contributed by atoms with Crippen molar-refractivity contribution in [3.63, 3.8) is 0 Å². The zero-order valence-corrected chi connectivity index (χ0v) is 11.9. The van der Waals surface area contributed by atoms with Gasteiger partial charge in [-0.05, 0) is 25.3 Å². The minimum Gasteiger partial charge on any atom is -0.383 e. The van der Waals surface area contributed by atoms with Crippen LogP contribution in [0, 0.1) is 6.92 Å². The second-order valence-corrected chi connectivity index (χ2v) is 4.52. The molecule has 0 saturated carbocycles. The summed E-state index contributed by atoms with van der Waals surface area (Å²) in [5.41, 5.74) is 8.00. The predicted octanol–water partition coefficient (Wildman–Crippen LogP) is 2.70. The van der Waals surface area contributed by atoms with Crippen molar-refractivity contribution in [1.82, 2.24) is 14.5 Å². The van der Waals surface area contributed by atoms with E-state index < -0.39 is 0 Å². The lowest BCUT2D eigenvalue weighted by Crippen LogP contribution is -2.19. The third kappa shape index (κ3) is 2.56. The maximum atomic E-state index is 5.91. The molecule has 1 fully saturated rings. The van der Waals surface area contributed by atoms with Crippen molar-refractivity contribution < 1.29 is 4.74 Å². The van der Waals surface area contributed by atoms with Crippen LogP contribution in [0.4, 0.5) is 5.82 Å². The van der Waals surface area contributed by atoms with Crippen molar-refractivity contribution in [2.75, 3.05) is 18.9 Å². The van der Waals surface area contributed by atoms with Gasteiger partial charge in [0.15, 0.2) is 0 Å². The number of hydrogen-bond donors (Lipinski definition) is 1. The van der Waals surface area contributed by atoms with Crippen LogP contribution in [-0.2, 0) is 4.74 Å². The van der Waals surface area contributed by atoms with E-state index in [9.17, 15) is 0 Å². The summed E-state index contributed by atoms with van der Waals surface area (Å²) in [4.78, 5) is 8.42. The average molecular weight is 262 g/mol. The third-order valence-electron chi connectivity index (χ3n) is 3.41. The summed E-state index contributed by atoms with van der Waals surface area (Å²) in [6.45, 7) is 7.70. The normalized spacial score (nSPS) is 16.2. The standard InChI is InChI=1S/C12H16N4O.C2H6/c1-8-6-16(9-2-4-17-5-3-9)12-10(8)11(13)14-7-15-12;1-2/h6-7,9H,2-5H2,1H3,(H2,13,14,15);1-2H3. The number of nitrogens with zero attached hydrogens (tertiary/aromatic N) is 3. The zero-order valence-electron chi connectivity index (χ0n) is 11.9. The Bertz CT molecular complexity index is 544. The molecule has 5 nitrogen and oxygen atoms in total. The topological polar surface area (TPSA) is 66.0 Å². The van der Waals surface area contributed by atoms with E-state index in [1.165, 1.54) is 6.33 Å². The van der Waals surface area contributed by atoms with Crippen LogP contribution in [0.25, 0.3) is 11.0 Å². The largest absolute Gasteiger partial charge is 0.383 e. The molecule has 0 spiro atoms. The smallest absolute Gasteiger partial charge is 0.145 e. The first-order valence-electron chi connectivity index (χ1n) is 6.92. The number of rotatable bonds is 1. The molecule has 3 rings (SSSR count). The number of aromatic nitrogens is 3. The summed E-state index contributed by atoms with van der Waals surface area (Å²) < 4.78 is 7.62. The molecule has 0 amide bonds. The maximum Gasteiger partial charge on any atom is 0.145 e. The molecule has 0 aliphatic carbocycles. The first kappa shape index (κ1) is 13.8. The first-order chi connectivity index (χ1) is 9.27. The lowest BCUT2D eigenvalue weighted by Gasteiger charge is -2.24. The molecule has 104 valence electrons. The molecule has 3 heterocycles. The van der Waals surface area contributed by atoms with E-state index >= 15 is 0 Å². The highest BCUT2D eigenvalue weighted by Crippen LogP contribution is 2.29. The van der Waals surface area contributed by atoms with E-state index in [4.69, 9.17) is 10.5 Å². The monoisotopic (exact) mass is 262 g/mol. The Morgan fingerprint density at radius 1 is 1.26 bits per heavy atom. The minimum atomic E-state index is 0.467. The lowest BCUT2D eigenvalue weighted by atomic mass is 10.1. The molecule has 5 heteroatoms. The molecule has 0 atom stereocenters. The van der Waals surface area contributed by atoms with E-state index in [1.807, 2.05) is 13.8 Å². The van der Waals surface area contributed by atoms with Crippen molar-refractivity contribution in [3.05, 3.63) is 18.1 Å². The van der Waals surface area contributed by atoms with Gasteiger partial charge in [0, 0.05) is 25.5 Å². The molecule has 0 aromatic carbocycles. The molecule has 2 N–H and O–H groups in total. The molecular weight excluding hydrogens is 240 g/mol. The first-order valence-corrected chi connectivity index (χ1v) is 6.92. The highest BCUT2D eigenvalue weighted by Gasteiger charge is 2.19. The van der Waals surface area contributed by atoms with Crippen LogP contribution in [0.2, 0.25) is 0 Å². The molecule has 1 saturated heterocycles. The Morgan fingerprint density at radius 2 is 1.95 bits per heavy atom. The van der Waals surface area contributed by atoms with Crippen molar-refractivity contribution in [1.29, 1.82) is 0 Å². The van der Waals surface area contributed by atoms with Crippen LogP contribution < -0.4 is 5.73 Å². The summed E-state index contributed by atoms with van der Waals surface area (Å²) in [5, 5.41) is 0.985. The van der Waals surface area contributed by atoms with Crippen LogP contribution in [0.15, 0.2) is 12.5 Å².